The molecule has 3 nitrogen and oxygen atoms in total. The number of fused-ring (bicyclic) bond motifs is 5. The average Bonchev–Trinajstić information content (AvgIpc) is 3.01. The van der Waals surface area contributed by atoms with Crippen LogP contribution in [0.15, 0.2) is 18.2 Å². The Hall–Kier alpha value is 0.625. The first-order valence-corrected chi connectivity index (χ1v) is 21.0. The molecule has 0 radical (unpaired) electrons. The fourth-order valence-electron chi connectivity index (χ4n) is 7.10. The molecule has 30 heavy (non-hydrogen) atoms. The van der Waals surface area contributed by atoms with Gasteiger partial charge >= 0.3 is 164 Å². The summed E-state index contributed by atoms with van der Waals surface area (Å²) < 4.78 is 14.5. The number of aliphatic hydroxyl groups is 1. The molecule has 7 atom stereocenters. The SMILES string of the molecule is CC1Cc2cc([C@H](C)B3OCC[I-][I+]CO3)ccc2C2CC[C@@]3(C)C(CC[C@@H]3O)C12. The number of aliphatic hydroxyl groups excluding tert-OH is 1. The van der Waals surface area contributed by atoms with E-state index in [-0.39, 0.29) is 18.6 Å². The van der Waals surface area contributed by atoms with Gasteiger partial charge in [-0.1, -0.05) is 6.92 Å². The molecule has 0 aromatic heterocycles. The zero-order valence-electron chi connectivity index (χ0n) is 18.4. The Morgan fingerprint density at radius 1 is 1.27 bits per heavy atom. The van der Waals surface area contributed by atoms with E-state index in [0.29, 0.717) is 58.0 Å². The van der Waals surface area contributed by atoms with Gasteiger partial charge in [-0.3, -0.25) is 0 Å². The van der Waals surface area contributed by atoms with Crippen molar-refractivity contribution < 1.29 is 48.9 Å². The summed E-state index contributed by atoms with van der Waals surface area (Å²) in [5.74, 6) is 3.10. The van der Waals surface area contributed by atoms with E-state index in [2.05, 4.69) is 39.0 Å². The molecule has 6 heteroatoms. The third kappa shape index (κ3) is 3.92. The Bertz CT molecular complexity index is 769. The summed E-state index contributed by atoms with van der Waals surface area (Å²) in [6, 6.07) is 7.29. The van der Waals surface area contributed by atoms with Crippen molar-refractivity contribution in [3.63, 3.8) is 0 Å². The van der Waals surface area contributed by atoms with Gasteiger partial charge in [0.15, 0.2) is 0 Å². The Balaban J connectivity index is 1.39. The zero-order chi connectivity index (χ0) is 20.9. The van der Waals surface area contributed by atoms with Crippen molar-refractivity contribution in [2.24, 2.45) is 23.2 Å². The molecule has 1 aliphatic heterocycles. The van der Waals surface area contributed by atoms with E-state index in [1.807, 2.05) is 0 Å². The molecule has 0 bridgehead atoms. The van der Waals surface area contributed by atoms with Crippen molar-refractivity contribution in [2.45, 2.75) is 70.7 Å². The monoisotopic (exact) mass is 636 g/mol. The maximum atomic E-state index is 10.7. The first-order valence-electron chi connectivity index (χ1n) is 11.7. The van der Waals surface area contributed by atoms with Crippen LogP contribution >= 0.6 is 0 Å². The van der Waals surface area contributed by atoms with Gasteiger partial charge in [0.05, 0.1) is 6.10 Å². The van der Waals surface area contributed by atoms with E-state index < -0.39 is 0 Å². The Kier molecular flexibility index (Phi) is 6.81. The second kappa shape index (κ2) is 9.11. The predicted molar refractivity (Wildman–Crippen MR) is 113 cm³/mol. The van der Waals surface area contributed by atoms with Gasteiger partial charge in [0.1, 0.15) is 0 Å². The van der Waals surface area contributed by atoms with Gasteiger partial charge in [0, 0.05) is 0 Å². The molecule has 5 rings (SSSR count). The van der Waals surface area contributed by atoms with Crippen LogP contribution in [0.3, 0.4) is 0 Å². The molecule has 1 aromatic rings. The molecule has 4 aliphatic rings. The minimum absolute atomic E-state index is 0.0730. The van der Waals surface area contributed by atoms with Gasteiger partial charge in [-0.05, 0) is 18.3 Å². The zero-order valence-corrected chi connectivity index (χ0v) is 22.8. The van der Waals surface area contributed by atoms with Crippen molar-refractivity contribution >= 4 is 7.12 Å². The fraction of sp³-hybridized carbons (Fsp3) is 0.750. The topological polar surface area (TPSA) is 38.7 Å². The third-order valence-electron chi connectivity index (χ3n) is 8.75. The quantitative estimate of drug-likeness (QED) is 0.241. The molecule has 3 aliphatic carbocycles. The summed E-state index contributed by atoms with van der Waals surface area (Å²) in [5.41, 5.74) is 4.71. The minimum atomic E-state index is -0.0893. The molecule has 1 N–H and O–H groups in total. The Labute approximate surface area is 199 Å². The third-order valence-corrected chi connectivity index (χ3v) is 17.7. The van der Waals surface area contributed by atoms with E-state index in [1.165, 1.54) is 35.7 Å². The molecule has 0 spiro atoms. The molecule has 1 heterocycles. The molecular weight excluding hydrogens is 601 g/mol. The number of hydrogen-bond donors (Lipinski definition) is 1. The summed E-state index contributed by atoms with van der Waals surface area (Å²) >= 11 is 0.688. The van der Waals surface area contributed by atoms with Gasteiger partial charge in [-0.15, -0.1) is 0 Å². The maximum absolute atomic E-state index is 10.7. The molecule has 2 saturated carbocycles. The Morgan fingerprint density at radius 2 is 2.13 bits per heavy atom. The van der Waals surface area contributed by atoms with Crippen LogP contribution in [0.25, 0.3) is 0 Å². The van der Waals surface area contributed by atoms with E-state index >= 15 is 0 Å². The molecule has 4 unspecified atom stereocenters. The molecule has 3 fully saturated rings. The summed E-state index contributed by atoms with van der Waals surface area (Å²) in [4.78, 5) is 0. The first-order chi connectivity index (χ1) is 14.5. The fourth-order valence-corrected chi connectivity index (χ4v) is 13.5. The van der Waals surface area contributed by atoms with E-state index in [4.69, 9.17) is 9.31 Å². The molecule has 1 saturated heterocycles. The van der Waals surface area contributed by atoms with Gasteiger partial charge in [0.25, 0.3) is 0 Å². The van der Waals surface area contributed by atoms with Crippen LogP contribution in [0.2, 0.25) is 0 Å². The van der Waals surface area contributed by atoms with Gasteiger partial charge in [-0.25, -0.2) is 0 Å². The normalized spacial score (nSPS) is 40.3. The second-order valence-electron chi connectivity index (χ2n) is 10.3. The van der Waals surface area contributed by atoms with Crippen molar-refractivity contribution in [3.8, 4) is 0 Å². The predicted octanol–water partition coefficient (Wildman–Crippen LogP) is -1.62. The number of halogens is 2. The summed E-state index contributed by atoms with van der Waals surface area (Å²) in [5, 5.41) is 10.7. The molecule has 166 valence electrons. The number of benzene rings is 1. The van der Waals surface area contributed by atoms with Gasteiger partial charge in [-0.2, -0.15) is 0 Å². The molecule has 0 amide bonds. The van der Waals surface area contributed by atoms with Crippen molar-refractivity contribution in [1.82, 2.24) is 0 Å². The summed E-state index contributed by atoms with van der Waals surface area (Å²) in [7, 11) is -0.0730. The van der Waals surface area contributed by atoms with Crippen LogP contribution in [0, 0.1) is 23.2 Å². The van der Waals surface area contributed by atoms with Crippen molar-refractivity contribution in [2.75, 3.05) is 15.6 Å². The van der Waals surface area contributed by atoms with Crippen LogP contribution in [0.1, 0.15) is 74.9 Å². The standard InChI is InChI=1S/C24H35BI2O3/c1-15-12-18-13-17(16(2)25-29-11-10-26-27-14-30-25)4-5-19(18)20-8-9-24(3)21(23(15)20)6-7-22(24)28/h4-5,13,15-16,20-23,28H,6-12,14H2,1-3H3/t15?,16-,20?,21?,22-,23?,24-/m0/s1. The summed E-state index contributed by atoms with van der Waals surface area (Å²) in [6.07, 6.45) is 5.74. The van der Waals surface area contributed by atoms with Crippen molar-refractivity contribution in [1.29, 1.82) is 0 Å². The van der Waals surface area contributed by atoms with E-state index in [1.54, 1.807) is 11.1 Å². The average molecular weight is 636 g/mol. The van der Waals surface area contributed by atoms with Crippen LogP contribution in [0.5, 0.6) is 0 Å². The van der Waals surface area contributed by atoms with Gasteiger partial charge < -0.3 is 5.11 Å². The van der Waals surface area contributed by atoms with Crippen LogP contribution in [-0.4, -0.2) is 34.0 Å². The van der Waals surface area contributed by atoms with Gasteiger partial charge in [0.2, 0.25) is 0 Å². The van der Waals surface area contributed by atoms with Crippen LogP contribution in [-0.2, 0) is 15.7 Å². The van der Waals surface area contributed by atoms with Crippen molar-refractivity contribution in [3.05, 3.63) is 34.9 Å². The summed E-state index contributed by atoms with van der Waals surface area (Å²) in [6.45, 7) is 8.01. The molecular formula is C24H35BI2O3. The second-order valence-corrected chi connectivity index (χ2v) is 20.9. The molecule has 1 aromatic carbocycles. The number of hydrogen-bond acceptors (Lipinski definition) is 3. The Morgan fingerprint density at radius 3 is 3.00 bits per heavy atom. The number of rotatable bonds is 2. The van der Waals surface area contributed by atoms with Crippen LogP contribution < -0.4 is 34.5 Å². The van der Waals surface area contributed by atoms with E-state index in [0.717, 1.165) is 23.6 Å². The first kappa shape index (κ1) is 22.4. The number of alkyl halides is 2. The van der Waals surface area contributed by atoms with Crippen LogP contribution in [0.4, 0.5) is 0 Å². The van der Waals surface area contributed by atoms with E-state index in [9.17, 15) is 5.11 Å².